The second kappa shape index (κ2) is 5.58. The molecule has 3 rings (SSSR count). The number of guanidine groups is 1. The number of nitrogens with zero attached hydrogens (tertiary/aromatic N) is 3. The summed E-state index contributed by atoms with van der Waals surface area (Å²) in [7, 11) is 0. The van der Waals surface area contributed by atoms with E-state index in [0.29, 0.717) is 26.1 Å². The third kappa shape index (κ3) is 2.65. The van der Waals surface area contributed by atoms with E-state index >= 15 is 0 Å². The predicted molar refractivity (Wildman–Crippen MR) is 76.5 cm³/mol. The standard InChI is InChI=1S/C14H18N4O2/c15-12(19)5-4-10-2-1-3-11-13(10)17-14(16-11)18-6-8-20-9-7-18/h2-3H,1,4-9H2,(H2,15,19). The molecule has 1 aliphatic carbocycles. The van der Waals surface area contributed by atoms with Gasteiger partial charge in [-0.15, -0.1) is 0 Å². The maximum absolute atomic E-state index is 10.9. The molecule has 0 spiro atoms. The Hall–Kier alpha value is -1.95. The summed E-state index contributed by atoms with van der Waals surface area (Å²) in [5.74, 6) is 0.483. The van der Waals surface area contributed by atoms with Crippen LogP contribution in [-0.2, 0) is 9.53 Å². The number of rotatable bonds is 3. The number of hydrogen-bond donors (Lipinski definition) is 1. The van der Waals surface area contributed by atoms with E-state index in [0.717, 1.165) is 42.5 Å². The molecule has 106 valence electrons. The molecule has 2 heterocycles. The fourth-order valence-electron chi connectivity index (χ4n) is 2.51. The molecular formula is C14H18N4O2. The Kier molecular flexibility index (Phi) is 3.64. The van der Waals surface area contributed by atoms with Crippen LogP contribution in [0.2, 0.25) is 0 Å². The molecular weight excluding hydrogens is 256 g/mol. The van der Waals surface area contributed by atoms with Crippen molar-refractivity contribution < 1.29 is 9.53 Å². The highest BCUT2D eigenvalue weighted by molar-refractivity contribution is 6.21. The van der Waals surface area contributed by atoms with Crippen LogP contribution in [-0.4, -0.2) is 48.8 Å². The Morgan fingerprint density at radius 2 is 2.10 bits per heavy atom. The van der Waals surface area contributed by atoms with Crippen LogP contribution in [0.4, 0.5) is 0 Å². The number of primary amides is 1. The molecule has 6 heteroatoms. The fraction of sp³-hybridized carbons (Fsp3) is 0.500. The molecule has 6 nitrogen and oxygen atoms in total. The van der Waals surface area contributed by atoms with Gasteiger partial charge in [-0.3, -0.25) is 4.79 Å². The quantitative estimate of drug-likeness (QED) is 0.818. The summed E-state index contributed by atoms with van der Waals surface area (Å²) in [5, 5.41) is 0. The number of nitrogens with two attached hydrogens (primary N) is 1. The van der Waals surface area contributed by atoms with Crippen LogP contribution in [0, 0.1) is 0 Å². The number of ether oxygens (including phenoxy) is 1. The van der Waals surface area contributed by atoms with Gasteiger partial charge in [0.25, 0.3) is 0 Å². The van der Waals surface area contributed by atoms with Gasteiger partial charge < -0.3 is 15.4 Å². The third-order valence-electron chi connectivity index (χ3n) is 3.59. The lowest BCUT2D eigenvalue weighted by Gasteiger charge is -2.26. The zero-order chi connectivity index (χ0) is 13.9. The van der Waals surface area contributed by atoms with Crippen molar-refractivity contribution in [2.75, 3.05) is 26.3 Å². The summed E-state index contributed by atoms with van der Waals surface area (Å²) in [5.41, 5.74) is 8.12. The molecule has 2 aliphatic heterocycles. The van der Waals surface area contributed by atoms with Crippen molar-refractivity contribution in [1.82, 2.24) is 4.90 Å². The van der Waals surface area contributed by atoms with Gasteiger partial charge in [0, 0.05) is 19.5 Å². The molecule has 0 atom stereocenters. The molecule has 1 amide bonds. The lowest BCUT2D eigenvalue weighted by molar-refractivity contribution is -0.117. The normalized spacial score (nSPS) is 21.7. The van der Waals surface area contributed by atoms with Gasteiger partial charge in [0.15, 0.2) is 0 Å². The average molecular weight is 274 g/mol. The lowest BCUT2D eigenvalue weighted by atomic mass is 9.97. The highest BCUT2D eigenvalue weighted by atomic mass is 16.5. The topological polar surface area (TPSA) is 80.3 Å². The maximum Gasteiger partial charge on any atom is 0.226 e. The Bertz CT molecular complexity index is 539. The second-order valence-electron chi connectivity index (χ2n) is 4.99. The second-order valence-corrected chi connectivity index (χ2v) is 4.99. The van der Waals surface area contributed by atoms with Crippen LogP contribution in [0.25, 0.3) is 0 Å². The van der Waals surface area contributed by atoms with Crippen molar-refractivity contribution in [2.45, 2.75) is 19.3 Å². The zero-order valence-corrected chi connectivity index (χ0v) is 11.3. The van der Waals surface area contributed by atoms with Gasteiger partial charge in [-0.2, -0.15) is 0 Å². The molecule has 0 aromatic heterocycles. The van der Waals surface area contributed by atoms with Gasteiger partial charge in [-0.25, -0.2) is 9.98 Å². The van der Waals surface area contributed by atoms with Crippen molar-refractivity contribution in [3.63, 3.8) is 0 Å². The Morgan fingerprint density at radius 1 is 1.30 bits per heavy atom. The van der Waals surface area contributed by atoms with Crippen LogP contribution in [0.15, 0.2) is 33.4 Å². The van der Waals surface area contributed by atoms with E-state index in [1.807, 2.05) is 0 Å². The molecule has 2 N–H and O–H groups in total. The minimum absolute atomic E-state index is 0.282. The van der Waals surface area contributed by atoms with Gasteiger partial charge in [0.1, 0.15) is 0 Å². The van der Waals surface area contributed by atoms with E-state index < -0.39 is 0 Å². The van der Waals surface area contributed by atoms with Crippen molar-refractivity contribution in [3.8, 4) is 0 Å². The van der Waals surface area contributed by atoms with Gasteiger partial charge >= 0.3 is 0 Å². The fourth-order valence-corrected chi connectivity index (χ4v) is 2.51. The molecule has 1 fully saturated rings. The molecule has 0 aromatic carbocycles. The smallest absolute Gasteiger partial charge is 0.226 e. The van der Waals surface area contributed by atoms with Crippen molar-refractivity contribution in [2.24, 2.45) is 15.7 Å². The predicted octanol–water partition coefficient (Wildman–Crippen LogP) is 0.609. The highest BCUT2D eigenvalue weighted by Crippen LogP contribution is 2.26. The van der Waals surface area contributed by atoms with Crippen LogP contribution >= 0.6 is 0 Å². The Morgan fingerprint density at radius 3 is 2.85 bits per heavy atom. The molecule has 0 bridgehead atoms. The third-order valence-corrected chi connectivity index (χ3v) is 3.59. The Balaban J connectivity index is 1.74. The highest BCUT2D eigenvalue weighted by Gasteiger charge is 2.26. The summed E-state index contributed by atoms with van der Waals surface area (Å²) >= 11 is 0. The number of hydrogen-bond acceptors (Lipinski definition) is 5. The monoisotopic (exact) mass is 274 g/mol. The first-order chi connectivity index (χ1) is 9.74. The van der Waals surface area contributed by atoms with Crippen LogP contribution < -0.4 is 5.73 Å². The number of fused-ring (bicyclic) bond motifs is 1. The summed E-state index contributed by atoms with van der Waals surface area (Å²) in [6.07, 6.45) is 5.99. The van der Waals surface area contributed by atoms with Crippen molar-refractivity contribution in [1.29, 1.82) is 0 Å². The van der Waals surface area contributed by atoms with E-state index in [-0.39, 0.29) is 5.91 Å². The number of allylic oxidation sites excluding steroid dienone is 3. The first-order valence-electron chi connectivity index (χ1n) is 6.92. The lowest BCUT2D eigenvalue weighted by Crippen LogP contribution is -2.39. The average Bonchev–Trinajstić information content (AvgIpc) is 2.90. The number of amides is 1. The van der Waals surface area contributed by atoms with Gasteiger partial charge in [0.2, 0.25) is 11.9 Å². The number of carbonyl (C=O) groups excluding carboxylic acids is 1. The minimum Gasteiger partial charge on any atom is -0.378 e. The van der Waals surface area contributed by atoms with E-state index in [2.05, 4.69) is 27.0 Å². The zero-order valence-electron chi connectivity index (χ0n) is 11.3. The molecule has 0 radical (unpaired) electrons. The SMILES string of the molecule is NC(=O)CCC1=CCC=C2N=C(N3CCOCC3)N=C12. The summed E-state index contributed by atoms with van der Waals surface area (Å²) in [6, 6.07) is 0. The first-order valence-corrected chi connectivity index (χ1v) is 6.92. The van der Waals surface area contributed by atoms with E-state index in [4.69, 9.17) is 10.5 Å². The van der Waals surface area contributed by atoms with Crippen LogP contribution in [0.1, 0.15) is 19.3 Å². The minimum atomic E-state index is -0.282. The van der Waals surface area contributed by atoms with E-state index in [9.17, 15) is 4.79 Å². The van der Waals surface area contributed by atoms with Crippen molar-refractivity contribution in [3.05, 3.63) is 23.4 Å². The number of carbonyl (C=O) groups is 1. The van der Waals surface area contributed by atoms with Gasteiger partial charge in [-0.05, 0) is 18.4 Å². The number of morpholine rings is 1. The molecule has 1 saturated heterocycles. The molecule has 3 aliphatic rings. The summed E-state index contributed by atoms with van der Waals surface area (Å²) in [6.45, 7) is 3.08. The Labute approximate surface area is 117 Å². The number of aliphatic imine (C=N–C) groups is 2. The van der Waals surface area contributed by atoms with Crippen molar-refractivity contribution >= 4 is 17.6 Å². The van der Waals surface area contributed by atoms with E-state index in [1.165, 1.54) is 0 Å². The molecule has 0 unspecified atom stereocenters. The first kappa shape index (κ1) is 13.1. The van der Waals surface area contributed by atoms with Gasteiger partial charge in [0.05, 0.1) is 24.6 Å². The van der Waals surface area contributed by atoms with Gasteiger partial charge in [-0.1, -0.05) is 12.2 Å². The molecule has 0 aromatic rings. The molecule has 0 saturated carbocycles. The summed E-state index contributed by atoms with van der Waals surface area (Å²) < 4.78 is 5.34. The van der Waals surface area contributed by atoms with Crippen LogP contribution in [0.3, 0.4) is 0 Å². The largest absolute Gasteiger partial charge is 0.378 e. The van der Waals surface area contributed by atoms with Crippen LogP contribution in [0.5, 0.6) is 0 Å². The van der Waals surface area contributed by atoms with E-state index in [1.54, 1.807) is 0 Å². The maximum atomic E-state index is 10.9. The molecule has 20 heavy (non-hydrogen) atoms. The summed E-state index contributed by atoms with van der Waals surface area (Å²) in [4.78, 5) is 22.3.